The van der Waals surface area contributed by atoms with Crippen molar-refractivity contribution in [2.45, 2.75) is 26.7 Å². The molecule has 2 N–H and O–H groups in total. The highest BCUT2D eigenvalue weighted by molar-refractivity contribution is 5.96. The third-order valence-corrected chi connectivity index (χ3v) is 5.19. The molecule has 1 heterocycles. The molecule has 1 fully saturated rings. The van der Waals surface area contributed by atoms with E-state index < -0.39 is 0 Å². The van der Waals surface area contributed by atoms with Crippen LogP contribution in [0.25, 0.3) is 0 Å². The smallest absolute Gasteiger partial charge is 0.253 e. The van der Waals surface area contributed by atoms with Crippen molar-refractivity contribution < 1.29 is 18.8 Å². The molecule has 1 saturated heterocycles. The van der Waals surface area contributed by atoms with Gasteiger partial charge in [0.15, 0.2) is 0 Å². The lowest BCUT2D eigenvalue weighted by Crippen LogP contribution is -2.41. The van der Waals surface area contributed by atoms with Crippen LogP contribution in [0.5, 0.6) is 0 Å². The maximum absolute atomic E-state index is 13.0. The second-order valence-corrected chi connectivity index (χ2v) is 7.78. The summed E-state index contributed by atoms with van der Waals surface area (Å²) in [5.41, 5.74) is 1.79. The van der Waals surface area contributed by atoms with E-state index >= 15 is 0 Å². The number of carbonyl (C=O) groups excluding carboxylic acids is 3. The van der Waals surface area contributed by atoms with Crippen LogP contribution in [-0.4, -0.2) is 35.7 Å². The molecular weight excluding hydrogens is 385 g/mol. The second kappa shape index (κ2) is 9.52. The van der Waals surface area contributed by atoms with Gasteiger partial charge in [0.2, 0.25) is 11.8 Å². The van der Waals surface area contributed by atoms with Crippen molar-refractivity contribution in [3.05, 3.63) is 59.9 Å². The number of likely N-dealkylation sites (tertiary alicyclic amines) is 1. The number of rotatable bonds is 5. The molecule has 0 radical (unpaired) electrons. The minimum atomic E-state index is -0.378. The number of hydrogen-bond donors (Lipinski definition) is 2. The third kappa shape index (κ3) is 5.43. The summed E-state index contributed by atoms with van der Waals surface area (Å²) in [6, 6.07) is 12.5. The molecule has 2 aromatic rings. The first-order chi connectivity index (χ1) is 14.3. The molecule has 2 aromatic carbocycles. The van der Waals surface area contributed by atoms with Crippen LogP contribution in [0.3, 0.4) is 0 Å². The molecule has 30 heavy (non-hydrogen) atoms. The zero-order chi connectivity index (χ0) is 21.7. The number of amides is 3. The molecule has 3 amide bonds. The van der Waals surface area contributed by atoms with E-state index in [4.69, 9.17) is 0 Å². The normalized spacial score (nSPS) is 14.5. The predicted octanol–water partition coefficient (Wildman–Crippen LogP) is 3.91. The van der Waals surface area contributed by atoms with Crippen LogP contribution in [0.4, 0.5) is 15.8 Å². The first-order valence-corrected chi connectivity index (χ1v) is 10.1. The topological polar surface area (TPSA) is 78.5 Å². The lowest BCUT2D eigenvalue weighted by molar-refractivity contribution is -0.121. The molecule has 0 aromatic heterocycles. The van der Waals surface area contributed by atoms with E-state index in [1.54, 1.807) is 29.2 Å². The molecule has 0 unspecified atom stereocenters. The first-order valence-electron chi connectivity index (χ1n) is 10.1. The van der Waals surface area contributed by atoms with Gasteiger partial charge in [-0.3, -0.25) is 14.4 Å². The van der Waals surface area contributed by atoms with Crippen LogP contribution < -0.4 is 10.6 Å². The number of nitrogens with one attached hydrogen (secondary N) is 2. The highest BCUT2D eigenvalue weighted by Gasteiger charge is 2.28. The molecule has 1 aliphatic rings. The summed E-state index contributed by atoms with van der Waals surface area (Å²) in [7, 11) is 0. The molecule has 0 saturated carbocycles. The number of hydrogen-bond acceptors (Lipinski definition) is 3. The molecule has 6 nitrogen and oxygen atoms in total. The zero-order valence-electron chi connectivity index (χ0n) is 17.2. The molecule has 0 atom stereocenters. The molecule has 158 valence electrons. The Morgan fingerprint density at radius 3 is 1.97 bits per heavy atom. The summed E-state index contributed by atoms with van der Waals surface area (Å²) in [5.74, 6) is -0.950. The summed E-state index contributed by atoms with van der Waals surface area (Å²) in [5, 5.41) is 5.71. The van der Waals surface area contributed by atoms with Crippen LogP contribution >= 0.6 is 0 Å². The Morgan fingerprint density at radius 1 is 0.900 bits per heavy atom. The number of halogens is 1. The van der Waals surface area contributed by atoms with E-state index in [1.165, 1.54) is 24.3 Å². The third-order valence-electron chi connectivity index (χ3n) is 5.19. The Hall–Kier alpha value is -3.22. The van der Waals surface area contributed by atoms with Gasteiger partial charge in [-0.15, -0.1) is 0 Å². The van der Waals surface area contributed by atoms with Gasteiger partial charge in [-0.25, -0.2) is 4.39 Å². The Balaban J connectivity index is 1.50. The molecular formula is C23H26FN3O3. The van der Waals surface area contributed by atoms with E-state index in [1.807, 2.05) is 13.8 Å². The Morgan fingerprint density at radius 2 is 1.43 bits per heavy atom. The second-order valence-electron chi connectivity index (χ2n) is 7.78. The molecule has 1 aliphatic heterocycles. The number of piperidine rings is 1. The van der Waals surface area contributed by atoms with E-state index in [2.05, 4.69) is 10.6 Å². The highest BCUT2D eigenvalue weighted by Crippen LogP contribution is 2.22. The van der Waals surface area contributed by atoms with Gasteiger partial charge in [-0.05, 0) is 61.4 Å². The molecule has 0 spiro atoms. The molecule has 0 aliphatic carbocycles. The van der Waals surface area contributed by atoms with Crippen LogP contribution in [0.2, 0.25) is 0 Å². The van der Waals surface area contributed by atoms with Crippen molar-refractivity contribution in [1.82, 2.24) is 4.90 Å². The standard InChI is InChI=1S/C23H26FN3O3/c1-15(2)21(28)25-19-7-9-20(10-8-19)26-22(29)16-11-13-27(14-12-16)23(30)17-3-5-18(24)6-4-17/h3-10,15-16H,11-14H2,1-2H3,(H,25,28)(H,26,29). The van der Waals surface area contributed by atoms with Gasteiger partial charge >= 0.3 is 0 Å². The largest absolute Gasteiger partial charge is 0.339 e. The zero-order valence-corrected chi connectivity index (χ0v) is 17.2. The summed E-state index contributed by atoms with van der Waals surface area (Å²) < 4.78 is 13.0. The summed E-state index contributed by atoms with van der Waals surface area (Å²) in [6.45, 7) is 4.61. The predicted molar refractivity (Wildman–Crippen MR) is 114 cm³/mol. The highest BCUT2D eigenvalue weighted by atomic mass is 19.1. The summed E-state index contributed by atoms with van der Waals surface area (Å²) >= 11 is 0. The summed E-state index contributed by atoms with van der Waals surface area (Å²) in [6.07, 6.45) is 1.14. The fraction of sp³-hybridized carbons (Fsp3) is 0.348. The van der Waals surface area contributed by atoms with Gasteiger partial charge in [0.1, 0.15) is 5.82 Å². The van der Waals surface area contributed by atoms with Crippen molar-refractivity contribution >= 4 is 29.1 Å². The van der Waals surface area contributed by atoms with Crippen molar-refractivity contribution in [3.8, 4) is 0 Å². The Kier molecular flexibility index (Phi) is 6.82. The van der Waals surface area contributed by atoms with Gasteiger partial charge in [0.25, 0.3) is 5.91 Å². The monoisotopic (exact) mass is 411 g/mol. The van der Waals surface area contributed by atoms with Crippen molar-refractivity contribution in [3.63, 3.8) is 0 Å². The summed E-state index contributed by atoms with van der Waals surface area (Å²) in [4.78, 5) is 38.5. The van der Waals surface area contributed by atoms with Crippen molar-refractivity contribution in [2.75, 3.05) is 23.7 Å². The molecule has 0 bridgehead atoms. The van der Waals surface area contributed by atoms with E-state index in [-0.39, 0.29) is 35.4 Å². The average Bonchev–Trinajstić information content (AvgIpc) is 2.75. The number of anilines is 2. The van der Waals surface area contributed by atoms with Gasteiger partial charge in [-0.2, -0.15) is 0 Å². The van der Waals surface area contributed by atoms with E-state index in [0.29, 0.717) is 42.9 Å². The van der Waals surface area contributed by atoms with Crippen LogP contribution in [0, 0.1) is 17.7 Å². The van der Waals surface area contributed by atoms with Crippen LogP contribution in [-0.2, 0) is 9.59 Å². The lowest BCUT2D eigenvalue weighted by Gasteiger charge is -2.31. The van der Waals surface area contributed by atoms with E-state index in [0.717, 1.165) is 0 Å². The number of nitrogens with zero attached hydrogens (tertiary/aromatic N) is 1. The number of carbonyl (C=O) groups is 3. The van der Waals surface area contributed by atoms with Gasteiger partial charge < -0.3 is 15.5 Å². The Labute approximate surface area is 175 Å². The number of benzene rings is 2. The average molecular weight is 411 g/mol. The fourth-order valence-electron chi connectivity index (χ4n) is 3.29. The van der Waals surface area contributed by atoms with Gasteiger partial charge in [0, 0.05) is 41.9 Å². The fourth-order valence-corrected chi connectivity index (χ4v) is 3.29. The van der Waals surface area contributed by atoms with Crippen LogP contribution in [0.15, 0.2) is 48.5 Å². The van der Waals surface area contributed by atoms with Crippen molar-refractivity contribution in [1.29, 1.82) is 0 Å². The minimum absolute atomic E-state index is 0.0614. The van der Waals surface area contributed by atoms with Crippen LogP contribution in [0.1, 0.15) is 37.0 Å². The molecule has 7 heteroatoms. The maximum Gasteiger partial charge on any atom is 0.253 e. The maximum atomic E-state index is 13.0. The van der Waals surface area contributed by atoms with Gasteiger partial charge in [-0.1, -0.05) is 13.8 Å². The van der Waals surface area contributed by atoms with E-state index in [9.17, 15) is 18.8 Å². The molecule has 3 rings (SSSR count). The Bertz CT molecular complexity index is 902. The first kappa shape index (κ1) is 21.5. The SMILES string of the molecule is CC(C)C(=O)Nc1ccc(NC(=O)C2CCN(C(=O)c3ccc(F)cc3)CC2)cc1. The van der Waals surface area contributed by atoms with Gasteiger partial charge in [0.05, 0.1) is 0 Å². The minimum Gasteiger partial charge on any atom is -0.339 e. The lowest BCUT2D eigenvalue weighted by atomic mass is 9.95. The quantitative estimate of drug-likeness (QED) is 0.783. The van der Waals surface area contributed by atoms with Crippen molar-refractivity contribution in [2.24, 2.45) is 11.8 Å².